The number of hydrogen-bond donors (Lipinski definition) is 2. The maximum Gasteiger partial charge on any atom is 0.336 e. The number of carbonyl (C=O) groups is 3. The van der Waals surface area contributed by atoms with Gasteiger partial charge in [-0.05, 0) is 58.0 Å². The number of hydrazine groups is 1. The van der Waals surface area contributed by atoms with Crippen LogP contribution in [0.5, 0.6) is 0 Å². The first-order valence-electron chi connectivity index (χ1n) is 7.54. The Hall–Kier alpha value is -2.49. The predicted octanol–water partition coefficient (Wildman–Crippen LogP) is 3.69. The Bertz CT molecular complexity index is 1010. The maximum atomic E-state index is 12.6. The molecule has 0 bridgehead atoms. The van der Waals surface area contributed by atoms with Crippen molar-refractivity contribution in [3.05, 3.63) is 74.6 Å². The molecule has 27 heavy (non-hydrogen) atoms. The van der Waals surface area contributed by atoms with Crippen molar-refractivity contribution in [2.75, 3.05) is 0 Å². The summed E-state index contributed by atoms with van der Waals surface area (Å²) in [4.78, 5) is 36.6. The van der Waals surface area contributed by atoms with E-state index in [1.807, 2.05) is 0 Å². The van der Waals surface area contributed by atoms with Crippen LogP contribution in [0.25, 0.3) is 6.08 Å². The van der Waals surface area contributed by atoms with Gasteiger partial charge in [-0.15, -0.1) is 0 Å². The maximum absolute atomic E-state index is 12.6. The number of benzene rings is 2. The Balaban J connectivity index is 1.85. The predicted molar refractivity (Wildman–Crippen MR) is 110 cm³/mol. The van der Waals surface area contributed by atoms with Gasteiger partial charge in [-0.3, -0.25) is 15.0 Å². The Kier molecular flexibility index (Phi) is 5.73. The molecule has 0 atom stereocenters. The van der Waals surface area contributed by atoms with Gasteiger partial charge in [0, 0.05) is 4.47 Å². The molecule has 2 aromatic rings. The molecule has 136 valence electrons. The zero-order valence-corrected chi connectivity index (χ0v) is 16.7. The van der Waals surface area contributed by atoms with Gasteiger partial charge >= 0.3 is 5.97 Å². The molecule has 9 heteroatoms. The molecule has 2 aromatic carbocycles. The van der Waals surface area contributed by atoms with Gasteiger partial charge in [-0.25, -0.2) is 4.79 Å². The third kappa shape index (κ3) is 4.10. The number of hydrogen-bond acceptors (Lipinski definition) is 5. The average Bonchev–Trinajstić information content (AvgIpc) is 2.89. The third-order valence-electron chi connectivity index (χ3n) is 3.60. The Morgan fingerprint density at radius 3 is 2.41 bits per heavy atom. The number of thioether (sulfide) groups is 1. The summed E-state index contributed by atoms with van der Waals surface area (Å²) < 4.78 is 0.735. The zero-order chi connectivity index (χ0) is 19.6. The van der Waals surface area contributed by atoms with Gasteiger partial charge in [0.05, 0.1) is 16.0 Å². The van der Waals surface area contributed by atoms with Crippen LogP contribution in [0.1, 0.15) is 26.3 Å². The number of amides is 2. The van der Waals surface area contributed by atoms with E-state index >= 15 is 0 Å². The molecule has 0 aliphatic carbocycles. The summed E-state index contributed by atoms with van der Waals surface area (Å²) in [6.07, 6.45) is 1.45. The molecule has 3 rings (SSSR count). The molecule has 1 aliphatic rings. The van der Waals surface area contributed by atoms with Gasteiger partial charge in [0.25, 0.3) is 11.8 Å². The van der Waals surface area contributed by atoms with Gasteiger partial charge in [0.2, 0.25) is 0 Å². The van der Waals surface area contributed by atoms with Gasteiger partial charge in [0.15, 0.2) is 4.32 Å². The molecular weight excluding hydrogens is 452 g/mol. The average molecular weight is 463 g/mol. The molecule has 2 N–H and O–H groups in total. The topological polar surface area (TPSA) is 86.7 Å². The number of carboxylic acids is 1. The van der Waals surface area contributed by atoms with Crippen LogP contribution in [-0.2, 0) is 4.79 Å². The molecule has 6 nitrogen and oxygen atoms in total. The molecule has 1 aliphatic heterocycles. The highest BCUT2D eigenvalue weighted by Gasteiger charge is 2.34. The summed E-state index contributed by atoms with van der Waals surface area (Å²) in [5, 5.41) is 10.2. The molecule has 2 amide bonds. The van der Waals surface area contributed by atoms with Crippen molar-refractivity contribution in [3.8, 4) is 0 Å². The highest BCUT2D eigenvalue weighted by Crippen LogP contribution is 2.32. The highest BCUT2D eigenvalue weighted by atomic mass is 79.9. The molecule has 1 saturated heterocycles. The van der Waals surface area contributed by atoms with Crippen LogP contribution in [0.2, 0.25) is 0 Å². The first-order chi connectivity index (χ1) is 12.9. The quantitative estimate of drug-likeness (QED) is 0.532. The van der Waals surface area contributed by atoms with E-state index in [9.17, 15) is 19.5 Å². The summed E-state index contributed by atoms with van der Waals surface area (Å²) in [7, 11) is 0. The molecule has 0 saturated carbocycles. The third-order valence-corrected chi connectivity index (χ3v) is 5.60. The fourth-order valence-electron chi connectivity index (χ4n) is 2.33. The number of aromatic carboxylic acids is 1. The SMILES string of the molecule is O=C(NN1C(=O)C(=Cc2ccccc2C(=O)O)SC1=S)c1ccccc1Br. The second-order valence-corrected chi connectivity index (χ2v) is 7.86. The van der Waals surface area contributed by atoms with Crippen molar-refractivity contribution in [2.45, 2.75) is 0 Å². The number of nitrogens with one attached hydrogen (secondary N) is 1. The number of rotatable bonds is 4. The second-order valence-electron chi connectivity index (χ2n) is 5.33. The fourth-order valence-corrected chi connectivity index (χ4v) is 3.97. The normalized spacial score (nSPS) is 15.3. The Morgan fingerprint density at radius 1 is 1.11 bits per heavy atom. The number of carboxylic acid groups (broad SMARTS) is 1. The van der Waals surface area contributed by atoms with Crippen molar-refractivity contribution in [2.24, 2.45) is 0 Å². The molecule has 1 heterocycles. The van der Waals surface area contributed by atoms with Crippen LogP contribution in [0.15, 0.2) is 57.9 Å². The lowest BCUT2D eigenvalue weighted by Gasteiger charge is -2.16. The van der Waals surface area contributed by atoms with Gasteiger partial charge < -0.3 is 5.11 Å². The minimum Gasteiger partial charge on any atom is -0.478 e. The summed E-state index contributed by atoms with van der Waals surface area (Å²) in [5.74, 6) is -2.11. The molecular formula is C18H11BrN2O4S2. The lowest BCUT2D eigenvalue weighted by atomic mass is 10.1. The van der Waals surface area contributed by atoms with E-state index in [2.05, 4.69) is 21.4 Å². The summed E-state index contributed by atoms with van der Waals surface area (Å²) in [6.45, 7) is 0. The first-order valence-corrected chi connectivity index (χ1v) is 9.56. The van der Waals surface area contributed by atoms with Crippen molar-refractivity contribution in [3.63, 3.8) is 0 Å². The zero-order valence-electron chi connectivity index (χ0n) is 13.5. The van der Waals surface area contributed by atoms with Crippen molar-refractivity contribution in [1.82, 2.24) is 10.4 Å². The first kappa shape index (κ1) is 19.3. The van der Waals surface area contributed by atoms with Crippen molar-refractivity contribution >= 4 is 68.1 Å². The number of carbonyl (C=O) groups excluding carboxylic acids is 2. The van der Waals surface area contributed by atoms with Crippen LogP contribution in [0, 0.1) is 0 Å². The van der Waals surface area contributed by atoms with Crippen LogP contribution < -0.4 is 5.43 Å². The van der Waals surface area contributed by atoms with Crippen LogP contribution in [-0.4, -0.2) is 32.2 Å². The Labute approximate surface area is 172 Å². The lowest BCUT2D eigenvalue weighted by Crippen LogP contribution is -2.44. The van der Waals surface area contributed by atoms with Crippen molar-refractivity contribution in [1.29, 1.82) is 0 Å². The van der Waals surface area contributed by atoms with E-state index in [1.165, 1.54) is 12.1 Å². The number of halogens is 1. The molecule has 0 unspecified atom stereocenters. The molecule has 0 aromatic heterocycles. The molecule has 0 spiro atoms. The van der Waals surface area contributed by atoms with Gasteiger partial charge in [-0.1, -0.05) is 42.1 Å². The lowest BCUT2D eigenvalue weighted by molar-refractivity contribution is -0.123. The fraction of sp³-hybridized carbons (Fsp3) is 0. The minimum absolute atomic E-state index is 0.0695. The number of thiocarbonyl (C=S) groups is 1. The minimum atomic E-state index is -1.10. The second kappa shape index (κ2) is 8.03. The van der Waals surface area contributed by atoms with Gasteiger partial charge in [-0.2, -0.15) is 5.01 Å². The van der Waals surface area contributed by atoms with Crippen LogP contribution >= 0.6 is 39.9 Å². The smallest absolute Gasteiger partial charge is 0.336 e. The van der Waals surface area contributed by atoms with Gasteiger partial charge in [0.1, 0.15) is 0 Å². The standard InChI is InChI=1S/C18H11BrN2O4S2/c19-13-8-4-3-7-12(13)15(22)20-21-16(23)14(27-18(21)26)9-10-5-1-2-6-11(10)17(24)25/h1-9H,(H,20,22)(H,24,25). The van der Waals surface area contributed by atoms with Crippen LogP contribution in [0.4, 0.5) is 0 Å². The Morgan fingerprint density at radius 2 is 1.74 bits per heavy atom. The highest BCUT2D eigenvalue weighted by molar-refractivity contribution is 9.10. The largest absolute Gasteiger partial charge is 0.478 e. The summed E-state index contributed by atoms with van der Waals surface area (Å²) in [6, 6.07) is 13.1. The molecule has 1 fully saturated rings. The van der Waals surface area contributed by atoms with E-state index in [-0.39, 0.29) is 14.8 Å². The van der Waals surface area contributed by atoms with E-state index in [1.54, 1.807) is 42.5 Å². The molecule has 0 radical (unpaired) electrons. The van der Waals surface area contributed by atoms with E-state index in [4.69, 9.17) is 12.2 Å². The monoisotopic (exact) mass is 462 g/mol. The summed E-state index contributed by atoms with van der Waals surface area (Å²) >= 11 is 9.45. The van der Waals surface area contributed by atoms with E-state index < -0.39 is 17.8 Å². The summed E-state index contributed by atoms with van der Waals surface area (Å²) in [5.41, 5.74) is 3.28. The van der Waals surface area contributed by atoms with E-state index in [0.717, 1.165) is 16.8 Å². The number of nitrogens with zero attached hydrogens (tertiary/aromatic N) is 1. The van der Waals surface area contributed by atoms with E-state index in [0.29, 0.717) is 15.6 Å². The van der Waals surface area contributed by atoms with Crippen LogP contribution in [0.3, 0.4) is 0 Å². The van der Waals surface area contributed by atoms with Crippen molar-refractivity contribution < 1.29 is 19.5 Å².